The Morgan fingerprint density at radius 3 is 2.38 bits per heavy atom. The zero-order valence-electron chi connectivity index (χ0n) is 11.1. The highest BCUT2D eigenvalue weighted by molar-refractivity contribution is 5.76. The molecule has 0 aromatic rings. The van der Waals surface area contributed by atoms with E-state index in [2.05, 4.69) is 19.2 Å². The first-order chi connectivity index (χ1) is 7.49. The highest BCUT2D eigenvalue weighted by Crippen LogP contribution is 2.23. The lowest BCUT2D eigenvalue weighted by molar-refractivity contribution is -0.129. The number of carbonyl (C=O) groups excluding carboxylic acids is 1. The van der Waals surface area contributed by atoms with E-state index in [1.165, 1.54) is 25.7 Å². The number of rotatable bonds is 4. The topological polar surface area (TPSA) is 32.3 Å². The van der Waals surface area contributed by atoms with Gasteiger partial charge in [0, 0.05) is 32.6 Å². The molecule has 1 rings (SSSR count). The van der Waals surface area contributed by atoms with Crippen molar-refractivity contribution >= 4 is 5.91 Å². The van der Waals surface area contributed by atoms with E-state index in [-0.39, 0.29) is 5.91 Å². The van der Waals surface area contributed by atoms with E-state index in [0.29, 0.717) is 18.5 Å². The molecular weight excluding hydrogens is 200 g/mol. The van der Waals surface area contributed by atoms with Gasteiger partial charge in [0.05, 0.1) is 0 Å². The van der Waals surface area contributed by atoms with Gasteiger partial charge in [-0.1, -0.05) is 6.92 Å². The zero-order valence-corrected chi connectivity index (χ0v) is 11.1. The highest BCUT2D eigenvalue weighted by Gasteiger charge is 2.20. The molecule has 1 N–H and O–H groups in total. The maximum absolute atomic E-state index is 11.5. The SMILES string of the molecule is CC1CCC(NC(C)CC(=O)N(C)C)CC1. The van der Waals surface area contributed by atoms with Gasteiger partial charge in [-0.2, -0.15) is 0 Å². The van der Waals surface area contributed by atoms with E-state index >= 15 is 0 Å². The van der Waals surface area contributed by atoms with E-state index in [1.807, 2.05) is 14.1 Å². The number of amides is 1. The Balaban J connectivity index is 2.23. The number of hydrogen-bond donors (Lipinski definition) is 1. The largest absolute Gasteiger partial charge is 0.349 e. The highest BCUT2D eigenvalue weighted by atomic mass is 16.2. The third kappa shape index (κ3) is 4.52. The molecule has 0 aromatic heterocycles. The summed E-state index contributed by atoms with van der Waals surface area (Å²) in [7, 11) is 3.63. The van der Waals surface area contributed by atoms with Gasteiger partial charge in [-0.15, -0.1) is 0 Å². The molecule has 0 aromatic carbocycles. The number of nitrogens with one attached hydrogen (secondary N) is 1. The second-order valence-electron chi connectivity index (χ2n) is 5.52. The van der Waals surface area contributed by atoms with Crippen LogP contribution in [0.1, 0.15) is 46.0 Å². The van der Waals surface area contributed by atoms with E-state index in [4.69, 9.17) is 0 Å². The minimum Gasteiger partial charge on any atom is -0.349 e. The van der Waals surface area contributed by atoms with Crippen LogP contribution in [-0.4, -0.2) is 37.0 Å². The van der Waals surface area contributed by atoms with E-state index < -0.39 is 0 Å². The molecule has 16 heavy (non-hydrogen) atoms. The Morgan fingerprint density at radius 2 is 1.88 bits per heavy atom. The maximum Gasteiger partial charge on any atom is 0.223 e. The average molecular weight is 226 g/mol. The lowest BCUT2D eigenvalue weighted by Gasteiger charge is -2.29. The summed E-state index contributed by atoms with van der Waals surface area (Å²) >= 11 is 0. The first-order valence-corrected chi connectivity index (χ1v) is 6.45. The number of hydrogen-bond acceptors (Lipinski definition) is 2. The van der Waals surface area contributed by atoms with Gasteiger partial charge in [0.15, 0.2) is 0 Å². The van der Waals surface area contributed by atoms with Crippen molar-refractivity contribution in [3.8, 4) is 0 Å². The monoisotopic (exact) mass is 226 g/mol. The summed E-state index contributed by atoms with van der Waals surface area (Å²) in [6.07, 6.45) is 5.79. The Hall–Kier alpha value is -0.570. The van der Waals surface area contributed by atoms with Crippen LogP contribution in [0.15, 0.2) is 0 Å². The van der Waals surface area contributed by atoms with Gasteiger partial charge in [-0.05, 0) is 38.5 Å². The molecule has 1 aliphatic carbocycles. The van der Waals surface area contributed by atoms with Gasteiger partial charge in [0.25, 0.3) is 0 Å². The van der Waals surface area contributed by atoms with Crippen LogP contribution in [-0.2, 0) is 4.79 Å². The zero-order chi connectivity index (χ0) is 12.1. The summed E-state index contributed by atoms with van der Waals surface area (Å²) in [6, 6.07) is 0.925. The number of carbonyl (C=O) groups is 1. The lowest BCUT2D eigenvalue weighted by Crippen LogP contribution is -2.41. The maximum atomic E-state index is 11.5. The summed E-state index contributed by atoms with van der Waals surface area (Å²) in [5.74, 6) is 1.10. The molecule has 94 valence electrons. The molecule has 0 aliphatic heterocycles. The second kappa shape index (κ2) is 6.24. The fourth-order valence-electron chi connectivity index (χ4n) is 2.33. The van der Waals surface area contributed by atoms with Crippen LogP contribution < -0.4 is 5.32 Å². The summed E-state index contributed by atoms with van der Waals surface area (Å²) in [5, 5.41) is 3.58. The van der Waals surface area contributed by atoms with Crippen LogP contribution in [0.25, 0.3) is 0 Å². The predicted molar refractivity (Wildman–Crippen MR) is 67.3 cm³/mol. The van der Waals surface area contributed by atoms with Crippen LogP contribution in [0.3, 0.4) is 0 Å². The molecule has 1 amide bonds. The van der Waals surface area contributed by atoms with Crippen molar-refractivity contribution in [3.63, 3.8) is 0 Å². The second-order valence-corrected chi connectivity index (χ2v) is 5.52. The average Bonchev–Trinajstić information content (AvgIpc) is 2.21. The minimum atomic E-state index is 0.212. The molecular formula is C13H26N2O. The standard InChI is InChI=1S/C13H26N2O/c1-10-5-7-12(8-6-10)14-11(2)9-13(16)15(3)4/h10-12,14H,5-9H2,1-4H3. The van der Waals surface area contributed by atoms with E-state index in [9.17, 15) is 4.79 Å². The van der Waals surface area contributed by atoms with Crippen molar-refractivity contribution < 1.29 is 4.79 Å². The molecule has 0 radical (unpaired) electrons. The van der Waals surface area contributed by atoms with Crippen LogP contribution in [0.4, 0.5) is 0 Å². The lowest BCUT2D eigenvalue weighted by atomic mass is 9.87. The number of nitrogens with zero attached hydrogens (tertiary/aromatic N) is 1. The fourth-order valence-corrected chi connectivity index (χ4v) is 2.33. The third-order valence-electron chi connectivity index (χ3n) is 3.52. The molecule has 1 saturated carbocycles. The van der Waals surface area contributed by atoms with Gasteiger partial charge in [0.2, 0.25) is 5.91 Å². The molecule has 0 heterocycles. The molecule has 3 heteroatoms. The van der Waals surface area contributed by atoms with Gasteiger partial charge >= 0.3 is 0 Å². The van der Waals surface area contributed by atoms with Crippen LogP contribution in [0, 0.1) is 5.92 Å². The first kappa shape index (κ1) is 13.5. The third-order valence-corrected chi connectivity index (χ3v) is 3.52. The Labute approximate surface area is 99.6 Å². The van der Waals surface area contributed by atoms with Gasteiger partial charge in [-0.25, -0.2) is 0 Å². The molecule has 3 nitrogen and oxygen atoms in total. The van der Waals surface area contributed by atoms with Crippen LogP contribution >= 0.6 is 0 Å². The molecule has 1 atom stereocenters. The summed E-state index contributed by atoms with van der Waals surface area (Å²) in [5.41, 5.74) is 0. The van der Waals surface area contributed by atoms with Crippen molar-refractivity contribution in [2.24, 2.45) is 5.92 Å². The molecule has 0 bridgehead atoms. The van der Waals surface area contributed by atoms with Crippen molar-refractivity contribution in [1.29, 1.82) is 0 Å². The first-order valence-electron chi connectivity index (χ1n) is 6.45. The van der Waals surface area contributed by atoms with E-state index in [0.717, 1.165) is 5.92 Å². The minimum absolute atomic E-state index is 0.212. The molecule has 1 fully saturated rings. The smallest absolute Gasteiger partial charge is 0.223 e. The Morgan fingerprint density at radius 1 is 1.31 bits per heavy atom. The van der Waals surface area contributed by atoms with Crippen molar-refractivity contribution in [3.05, 3.63) is 0 Å². The van der Waals surface area contributed by atoms with Gasteiger partial charge in [0.1, 0.15) is 0 Å². The van der Waals surface area contributed by atoms with E-state index in [1.54, 1.807) is 4.90 Å². The molecule has 0 spiro atoms. The van der Waals surface area contributed by atoms with Gasteiger partial charge < -0.3 is 10.2 Å². The Kier molecular flexibility index (Phi) is 5.26. The predicted octanol–water partition coefficient (Wildman–Crippen LogP) is 2.02. The summed E-state index contributed by atoms with van der Waals surface area (Å²) < 4.78 is 0. The normalized spacial score (nSPS) is 27.5. The van der Waals surface area contributed by atoms with Crippen molar-refractivity contribution in [2.75, 3.05) is 14.1 Å². The molecule has 0 saturated heterocycles. The van der Waals surface area contributed by atoms with Crippen molar-refractivity contribution in [2.45, 2.75) is 58.0 Å². The van der Waals surface area contributed by atoms with Crippen LogP contribution in [0.5, 0.6) is 0 Å². The molecule has 1 aliphatic rings. The Bertz CT molecular complexity index is 220. The van der Waals surface area contributed by atoms with Crippen molar-refractivity contribution in [1.82, 2.24) is 10.2 Å². The molecule has 1 unspecified atom stereocenters. The quantitative estimate of drug-likeness (QED) is 0.795. The van der Waals surface area contributed by atoms with Gasteiger partial charge in [-0.3, -0.25) is 4.79 Å². The van der Waals surface area contributed by atoms with Crippen LogP contribution in [0.2, 0.25) is 0 Å². The fraction of sp³-hybridized carbons (Fsp3) is 0.923. The summed E-state index contributed by atoms with van der Waals surface area (Å²) in [4.78, 5) is 13.2. The summed E-state index contributed by atoms with van der Waals surface area (Å²) in [6.45, 7) is 4.44.